The van der Waals surface area contributed by atoms with E-state index in [0.29, 0.717) is 0 Å². The molecule has 8 heteroatoms. The first-order valence-corrected chi connectivity index (χ1v) is 21.4. The van der Waals surface area contributed by atoms with Crippen LogP contribution >= 0.6 is 0 Å². The second-order valence-corrected chi connectivity index (χ2v) is 17.2. The highest BCUT2D eigenvalue weighted by Crippen LogP contribution is 2.39. The molecule has 0 saturated carbocycles. The summed E-state index contributed by atoms with van der Waals surface area (Å²) in [5.41, 5.74) is 16.7. The molecule has 5 aromatic rings. The van der Waals surface area contributed by atoms with Crippen molar-refractivity contribution < 1.29 is 25.9 Å². The summed E-state index contributed by atoms with van der Waals surface area (Å²) in [4.78, 5) is -1.18. The van der Waals surface area contributed by atoms with E-state index in [1.807, 2.05) is 12.1 Å². The molecule has 0 aliphatic rings. The van der Waals surface area contributed by atoms with Gasteiger partial charge < -0.3 is 0 Å². The second kappa shape index (κ2) is 16.1. The van der Waals surface area contributed by atoms with Crippen LogP contribution < -0.4 is 0 Å². The maximum absolute atomic E-state index is 12.9. The molecule has 0 radical (unpaired) electrons. The molecule has 0 atom stereocenters. The third-order valence-corrected chi connectivity index (χ3v) is 12.4. The summed E-state index contributed by atoms with van der Waals surface area (Å²) in [6.45, 7) is 17.1. The van der Waals surface area contributed by atoms with Gasteiger partial charge in [-0.05, 0) is 151 Å². The van der Waals surface area contributed by atoms with Crippen molar-refractivity contribution in [1.82, 2.24) is 0 Å². The van der Waals surface area contributed by atoms with Gasteiger partial charge in [-0.2, -0.15) is 16.8 Å². The Kier molecular flexibility index (Phi) is 12.2. The summed E-state index contributed by atoms with van der Waals surface area (Å²) in [7, 11) is -9.65. The van der Waals surface area contributed by atoms with Gasteiger partial charge in [0.15, 0.2) is 0 Å². The van der Waals surface area contributed by atoms with Crippen molar-refractivity contribution in [3.05, 3.63) is 162 Å². The Hall–Kier alpha value is -4.08. The van der Waals surface area contributed by atoms with Crippen molar-refractivity contribution in [2.45, 2.75) is 110 Å². The zero-order chi connectivity index (χ0) is 38.8. The normalized spacial score (nSPS) is 12.1. The van der Waals surface area contributed by atoms with Crippen molar-refractivity contribution in [3.63, 3.8) is 0 Å². The Morgan fingerprint density at radius 2 is 0.887 bits per heavy atom. The van der Waals surface area contributed by atoms with Crippen LogP contribution in [-0.4, -0.2) is 25.9 Å². The van der Waals surface area contributed by atoms with Gasteiger partial charge in [0.05, 0.1) is 9.79 Å². The topological polar surface area (TPSA) is 109 Å². The molecule has 5 aromatic carbocycles. The Morgan fingerprint density at radius 3 is 1.21 bits per heavy atom. The molecular weight excluding hydrogens is 701 g/mol. The van der Waals surface area contributed by atoms with Gasteiger partial charge in [0.1, 0.15) is 0 Å². The van der Waals surface area contributed by atoms with Crippen molar-refractivity contribution >= 4 is 20.2 Å². The molecule has 0 aromatic heterocycles. The van der Waals surface area contributed by atoms with Crippen LogP contribution in [0.3, 0.4) is 0 Å². The second-order valence-electron chi connectivity index (χ2n) is 14.3. The van der Waals surface area contributed by atoms with Crippen LogP contribution in [0.2, 0.25) is 0 Å². The summed E-state index contributed by atoms with van der Waals surface area (Å²) in [5.74, 6) is -0.684. The smallest absolute Gasteiger partial charge is 0.282 e. The summed E-state index contributed by atoms with van der Waals surface area (Å²) >= 11 is 0. The molecule has 5 rings (SSSR count). The number of aryl methyl sites for hydroxylation is 8. The minimum absolute atomic E-state index is 0.208. The van der Waals surface area contributed by atoms with Crippen LogP contribution in [0.1, 0.15) is 117 Å². The predicted molar refractivity (Wildman–Crippen MR) is 215 cm³/mol. The predicted octanol–water partition coefficient (Wildman–Crippen LogP) is 10.0. The van der Waals surface area contributed by atoms with E-state index in [9.17, 15) is 25.9 Å². The first kappa shape index (κ1) is 40.1. The van der Waals surface area contributed by atoms with Crippen LogP contribution in [-0.2, 0) is 58.8 Å². The zero-order valence-electron chi connectivity index (χ0n) is 32.2. The lowest BCUT2D eigenvalue weighted by Gasteiger charge is -2.24. The van der Waals surface area contributed by atoms with Gasteiger partial charge >= 0.3 is 0 Å². The van der Waals surface area contributed by atoms with E-state index >= 15 is 0 Å². The molecule has 0 spiro atoms. The average molecular weight is 753 g/mol. The van der Waals surface area contributed by atoms with Crippen LogP contribution in [0.5, 0.6) is 0 Å². The molecule has 0 amide bonds. The van der Waals surface area contributed by atoms with E-state index in [-0.39, 0.29) is 5.56 Å². The summed E-state index contributed by atoms with van der Waals surface area (Å²) in [6, 6.07) is 24.7. The highest BCUT2D eigenvalue weighted by Gasteiger charge is 2.28. The third-order valence-electron chi connectivity index (χ3n) is 10.7. The van der Waals surface area contributed by atoms with Gasteiger partial charge in [0.2, 0.25) is 0 Å². The molecule has 0 heterocycles. The lowest BCUT2D eigenvalue weighted by Crippen LogP contribution is -2.13. The minimum Gasteiger partial charge on any atom is -0.282 e. The van der Waals surface area contributed by atoms with Gasteiger partial charge in [0, 0.05) is 5.92 Å². The first-order valence-electron chi connectivity index (χ1n) is 18.5. The molecule has 6 nitrogen and oxygen atoms in total. The van der Waals surface area contributed by atoms with Gasteiger partial charge in [0.25, 0.3) is 20.2 Å². The summed E-state index contributed by atoms with van der Waals surface area (Å²) < 4.78 is 70.3. The number of benzene rings is 5. The number of rotatable bonds is 13. The Morgan fingerprint density at radius 1 is 0.491 bits per heavy atom. The molecule has 0 unspecified atom stereocenters. The molecule has 0 fully saturated rings. The molecule has 0 saturated heterocycles. The van der Waals surface area contributed by atoms with Crippen molar-refractivity contribution in [3.8, 4) is 0 Å². The molecule has 0 aliphatic heterocycles. The minimum atomic E-state index is -4.91. The molecule has 2 N–H and O–H groups in total. The fourth-order valence-corrected chi connectivity index (χ4v) is 9.26. The van der Waals surface area contributed by atoms with Crippen LogP contribution in [0.4, 0.5) is 0 Å². The van der Waals surface area contributed by atoms with Crippen molar-refractivity contribution in [2.24, 2.45) is 0 Å². The highest BCUT2D eigenvalue weighted by molar-refractivity contribution is 7.86. The zero-order valence-corrected chi connectivity index (χ0v) is 33.8. The standard InChI is InChI=1S/C45H52O6S2/c1-9-32-19-28(5)20-33(10-2)42(32)25-36-13-15-38(23-30(36)7)45(41-18-17-40(52(46,47)48)27-44(41)53(49,50)51)39-16-14-37(31(8)24-39)26-43-34(11-3)21-29(6)22-35(43)12-4/h13-24,27,45H,9-12,25-26H2,1-8H3,(H,46,47,48)(H,49,50,51). The lowest BCUT2D eigenvalue weighted by molar-refractivity contribution is 0.480. The fourth-order valence-electron chi connectivity index (χ4n) is 7.92. The largest absolute Gasteiger partial charge is 0.294 e. The SMILES string of the molecule is CCc1cc(C)cc(CC)c1Cc1ccc(C(c2ccc(Cc3c(CC)cc(C)cc3CC)c(C)c2)c2ccc(S(=O)(=O)O)cc2S(=O)(=O)O)cc1C. The third kappa shape index (κ3) is 8.84. The average Bonchev–Trinajstić information content (AvgIpc) is 3.10. The van der Waals surface area contributed by atoms with E-state index in [2.05, 4.69) is 104 Å². The van der Waals surface area contributed by atoms with Gasteiger partial charge in [-0.25, -0.2) is 0 Å². The molecule has 0 bridgehead atoms. The van der Waals surface area contributed by atoms with Crippen molar-refractivity contribution in [2.75, 3.05) is 0 Å². The monoisotopic (exact) mass is 752 g/mol. The van der Waals surface area contributed by atoms with Crippen molar-refractivity contribution in [1.29, 1.82) is 0 Å². The van der Waals surface area contributed by atoms with Gasteiger partial charge in [-0.3, -0.25) is 9.11 Å². The van der Waals surface area contributed by atoms with Crippen LogP contribution in [0.25, 0.3) is 0 Å². The van der Waals surface area contributed by atoms with E-state index < -0.39 is 35.9 Å². The van der Waals surface area contributed by atoms with Crippen LogP contribution in [0, 0.1) is 27.7 Å². The molecule has 53 heavy (non-hydrogen) atoms. The van der Waals surface area contributed by atoms with Gasteiger partial charge in [-0.1, -0.05) is 106 Å². The van der Waals surface area contributed by atoms with E-state index in [1.165, 1.54) is 56.6 Å². The van der Waals surface area contributed by atoms with Crippen LogP contribution in [0.15, 0.2) is 88.7 Å². The number of hydrogen-bond acceptors (Lipinski definition) is 4. The fraction of sp³-hybridized carbons (Fsp3) is 0.333. The lowest BCUT2D eigenvalue weighted by atomic mass is 9.81. The molecule has 280 valence electrons. The van der Waals surface area contributed by atoms with Gasteiger partial charge in [-0.15, -0.1) is 0 Å². The molecular formula is C45H52O6S2. The Bertz CT molecular complexity index is 2230. The molecule has 0 aliphatic carbocycles. The summed E-state index contributed by atoms with van der Waals surface area (Å²) in [5, 5.41) is 0. The first-order chi connectivity index (χ1) is 25.0. The Labute approximate surface area is 316 Å². The van der Waals surface area contributed by atoms with E-state index in [1.54, 1.807) is 0 Å². The maximum Gasteiger partial charge on any atom is 0.294 e. The summed E-state index contributed by atoms with van der Waals surface area (Å²) in [6.07, 6.45) is 5.24. The highest BCUT2D eigenvalue weighted by atomic mass is 32.2. The van der Waals surface area contributed by atoms with E-state index in [4.69, 9.17) is 0 Å². The number of hydrogen-bond donors (Lipinski definition) is 2. The maximum atomic E-state index is 12.9. The van der Waals surface area contributed by atoms with E-state index in [0.717, 1.165) is 78.0 Å². The Balaban J connectivity index is 1.68. The quantitative estimate of drug-likeness (QED) is 0.0916.